The van der Waals surface area contributed by atoms with Crippen LogP contribution < -0.4 is 21.1 Å². The van der Waals surface area contributed by atoms with Gasteiger partial charge in [0.05, 0.1) is 24.7 Å². The molecule has 6 nitrogen and oxygen atoms in total. The van der Waals surface area contributed by atoms with Gasteiger partial charge in [-0.15, -0.1) is 12.4 Å². The molecule has 0 bridgehead atoms. The molecule has 0 heterocycles. The number of carbonyl (C=O) groups is 2. The lowest BCUT2D eigenvalue weighted by molar-refractivity contribution is -0.123. The number of carbonyl (C=O) groups excluding carboxylic acids is 2. The number of anilines is 1. The average molecular weight is 353 g/mol. The second-order valence-corrected chi connectivity index (χ2v) is 4.23. The van der Waals surface area contributed by atoms with Crippen molar-refractivity contribution in [3.8, 4) is 5.75 Å². The van der Waals surface area contributed by atoms with Gasteiger partial charge in [-0.05, 0) is 34.1 Å². The van der Waals surface area contributed by atoms with Gasteiger partial charge in [-0.1, -0.05) is 0 Å². The van der Waals surface area contributed by atoms with Gasteiger partial charge in [0.15, 0.2) is 0 Å². The second-order valence-electron chi connectivity index (χ2n) is 3.38. The molecule has 8 heteroatoms. The smallest absolute Gasteiger partial charge is 0.243 e. The number of rotatable bonds is 5. The highest BCUT2D eigenvalue weighted by Gasteiger charge is 2.06. The van der Waals surface area contributed by atoms with Crippen molar-refractivity contribution in [1.29, 1.82) is 0 Å². The van der Waals surface area contributed by atoms with Crippen LogP contribution in [0.25, 0.3) is 0 Å². The molecule has 0 aromatic heterocycles. The third-order valence-electron chi connectivity index (χ3n) is 2.07. The van der Waals surface area contributed by atoms with E-state index in [0.29, 0.717) is 11.4 Å². The first-order valence-electron chi connectivity index (χ1n) is 5.17. The van der Waals surface area contributed by atoms with Crippen molar-refractivity contribution >= 4 is 45.8 Å². The molecule has 0 aliphatic heterocycles. The number of ether oxygens (including phenoxy) is 1. The van der Waals surface area contributed by atoms with Gasteiger partial charge in [0, 0.05) is 5.69 Å². The lowest BCUT2D eigenvalue weighted by Gasteiger charge is -2.08. The molecule has 2 amide bonds. The first-order valence-corrected chi connectivity index (χ1v) is 5.96. The lowest BCUT2D eigenvalue weighted by atomic mass is 10.3. The Morgan fingerprint density at radius 2 is 2.05 bits per heavy atom. The Morgan fingerprint density at radius 3 is 2.58 bits per heavy atom. The van der Waals surface area contributed by atoms with Crippen LogP contribution in [0.5, 0.6) is 5.75 Å². The predicted octanol–water partition coefficient (Wildman–Crippen LogP) is 0.893. The van der Waals surface area contributed by atoms with Gasteiger partial charge in [0.2, 0.25) is 11.8 Å². The highest BCUT2D eigenvalue weighted by atomic mass is 79.9. The Labute approximate surface area is 125 Å². The maximum atomic E-state index is 11.5. The highest BCUT2D eigenvalue weighted by molar-refractivity contribution is 9.10. The van der Waals surface area contributed by atoms with Gasteiger partial charge < -0.3 is 21.1 Å². The maximum absolute atomic E-state index is 11.5. The number of nitrogens with one attached hydrogen (secondary N) is 2. The topological polar surface area (TPSA) is 93.5 Å². The summed E-state index contributed by atoms with van der Waals surface area (Å²) in [6.07, 6.45) is 0. The summed E-state index contributed by atoms with van der Waals surface area (Å²) < 4.78 is 5.80. The zero-order chi connectivity index (χ0) is 13.5. The van der Waals surface area contributed by atoms with Crippen LogP contribution in [-0.2, 0) is 9.59 Å². The number of hydrogen-bond acceptors (Lipinski definition) is 4. The minimum Gasteiger partial charge on any atom is -0.496 e. The zero-order valence-electron chi connectivity index (χ0n) is 10.2. The van der Waals surface area contributed by atoms with Crippen LogP contribution in [-0.4, -0.2) is 32.0 Å². The normalized spacial score (nSPS) is 9.21. The fourth-order valence-corrected chi connectivity index (χ4v) is 1.74. The lowest BCUT2D eigenvalue weighted by Crippen LogP contribution is -2.36. The molecule has 106 valence electrons. The summed E-state index contributed by atoms with van der Waals surface area (Å²) in [5.41, 5.74) is 5.70. The molecule has 0 saturated heterocycles. The number of hydrogen-bond donors (Lipinski definition) is 3. The van der Waals surface area contributed by atoms with Crippen LogP contribution in [0.4, 0.5) is 5.69 Å². The van der Waals surface area contributed by atoms with E-state index in [-0.39, 0.29) is 37.3 Å². The molecule has 0 atom stereocenters. The third kappa shape index (κ3) is 5.91. The molecule has 0 aliphatic rings. The van der Waals surface area contributed by atoms with Gasteiger partial charge in [0.1, 0.15) is 5.75 Å². The number of methoxy groups -OCH3 is 1. The highest BCUT2D eigenvalue weighted by Crippen LogP contribution is 2.27. The summed E-state index contributed by atoms with van der Waals surface area (Å²) in [6.45, 7) is -0.249. The van der Waals surface area contributed by atoms with Crippen LogP contribution >= 0.6 is 28.3 Å². The SMILES string of the molecule is COc1ccc(NC(=O)CNC(=O)CN)cc1Br.Cl. The van der Waals surface area contributed by atoms with Crippen molar-refractivity contribution < 1.29 is 14.3 Å². The first kappa shape index (κ1) is 17.7. The van der Waals surface area contributed by atoms with E-state index in [0.717, 1.165) is 4.47 Å². The summed E-state index contributed by atoms with van der Waals surface area (Å²) in [5.74, 6) is -0.0284. The van der Waals surface area contributed by atoms with E-state index in [9.17, 15) is 9.59 Å². The molecule has 4 N–H and O–H groups in total. The fraction of sp³-hybridized carbons (Fsp3) is 0.273. The van der Waals surface area contributed by atoms with Gasteiger partial charge in [-0.25, -0.2) is 0 Å². The van der Waals surface area contributed by atoms with Gasteiger partial charge in [-0.2, -0.15) is 0 Å². The van der Waals surface area contributed by atoms with E-state index in [1.807, 2.05) is 0 Å². The van der Waals surface area contributed by atoms with E-state index in [4.69, 9.17) is 10.5 Å². The first-order chi connectivity index (χ1) is 8.56. The Hall–Kier alpha value is -1.31. The fourth-order valence-electron chi connectivity index (χ4n) is 1.20. The predicted molar refractivity (Wildman–Crippen MR) is 78.6 cm³/mol. The Kier molecular flexibility index (Phi) is 8.13. The average Bonchev–Trinajstić information content (AvgIpc) is 2.36. The Bertz CT molecular complexity index is 457. The molecular formula is C11H15BrClN3O3. The van der Waals surface area contributed by atoms with E-state index in [1.165, 1.54) is 0 Å². The quantitative estimate of drug-likeness (QED) is 0.734. The van der Waals surface area contributed by atoms with Gasteiger partial charge >= 0.3 is 0 Å². The van der Waals surface area contributed by atoms with E-state index in [1.54, 1.807) is 25.3 Å². The summed E-state index contributed by atoms with van der Waals surface area (Å²) in [4.78, 5) is 22.4. The van der Waals surface area contributed by atoms with Crippen molar-refractivity contribution in [3.63, 3.8) is 0 Å². The molecular weight excluding hydrogens is 337 g/mol. The zero-order valence-corrected chi connectivity index (χ0v) is 12.6. The van der Waals surface area contributed by atoms with Crippen LogP contribution in [0.3, 0.4) is 0 Å². The van der Waals surface area contributed by atoms with Crippen LogP contribution in [0.1, 0.15) is 0 Å². The van der Waals surface area contributed by atoms with Crippen LogP contribution in [0.2, 0.25) is 0 Å². The van der Waals surface area contributed by atoms with Crippen molar-refractivity contribution in [2.75, 3.05) is 25.5 Å². The summed E-state index contributed by atoms with van der Waals surface area (Å²) in [7, 11) is 1.56. The Morgan fingerprint density at radius 1 is 1.37 bits per heavy atom. The third-order valence-corrected chi connectivity index (χ3v) is 2.69. The van der Waals surface area contributed by atoms with Crippen molar-refractivity contribution in [2.45, 2.75) is 0 Å². The molecule has 1 aromatic carbocycles. The van der Waals surface area contributed by atoms with Crippen molar-refractivity contribution in [2.24, 2.45) is 5.73 Å². The van der Waals surface area contributed by atoms with E-state index in [2.05, 4.69) is 26.6 Å². The molecule has 0 saturated carbocycles. The Balaban J connectivity index is 0.00000324. The van der Waals surface area contributed by atoms with Crippen molar-refractivity contribution in [1.82, 2.24) is 5.32 Å². The number of amides is 2. The molecule has 1 rings (SSSR count). The van der Waals surface area contributed by atoms with Crippen molar-refractivity contribution in [3.05, 3.63) is 22.7 Å². The van der Waals surface area contributed by atoms with Crippen LogP contribution in [0.15, 0.2) is 22.7 Å². The summed E-state index contributed by atoms with van der Waals surface area (Å²) in [6, 6.07) is 5.13. The molecule has 0 fully saturated rings. The maximum Gasteiger partial charge on any atom is 0.243 e. The van der Waals surface area contributed by atoms with Gasteiger partial charge in [-0.3, -0.25) is 9.59 Å². The van der Waals surface area contributed by atoms with Crippen LogP contribution in [0, 0.1) is 0 Å². The molecule has 1 aromatic rings. The molecule has 0 radical (unpaired) electrons. The molecule has 19 heavy (non-hydrogen) atoms. The summed E-state index contributed by atoms with van der Waals surface area (Å²) in [5, 5.41) is 5.01. The standard InChI is InChI=1S/C11H14BrN3O3.ClH/c1-18-9-3-2-7(4-8(9)12)15-11(17)6-14-10(16)5-13;/h2-4H,5-6,13H2,1H3,(H,14,16)(H,15,17);1H. The van der Waals surface area contributed by atoms with E-state index >= 15 is 0 Å². The molecule has 0 aliphatic carbocycles. The number of benzene rings is 1. The molecule has 0 spiro atoms. The summed E-state index contributed by atoms with van der Waals surface area (Å²) >= 11 is 3.31. The number of nitrogens with two attached hydrogens (primary N) is 1. The van der Waals surface area contributed by atoms with Gasteiger partial charge in [0.25, 0.3) is 0 Å². The second kappa shape index (κ2) is 8.73. The monoisotopic (exact) mass is 351 g/mol. The largest absolute Gasteiger partial charge is 0.496 e. The number of halogens is 2. The minimum atomic E-state index is -0.374. The minimum absolute atomic E-state index is 0. The molecule has 0 unspecified atom stereocenters. The van der Waals surface area contributed by atoms with E-state index < -0.39 is 0 Å².